The highest BCUT2D eigenvalue weighted by Gasteiger charge is 2.09. The van der Waals surface area contributed by atoms with Crippen molar-refractivity contribution in [3.63, 3.8) is 0 Å². The molecular weight excluding hydrogens is 372 g/mol. The minimum atomic E-state index is -0.664. The van der Waals surface area contributed by atoms with Crippen LogP contribution in [0.2, 0.25) is 0 Å². The van der Waals surface area contributed by atoms with E-state index in [1.165, 1.54) is 55.2 Å². The molecule has 0 aromatic heterocycles. The van der Waals surface area contributed by atoms with E-state index in [0.717, 1.165) is 30.8 Å². The summed E-state index contributed by atoms with van der Waals surface area (Å²) in [4.78, 5) is 0. The molecule has 30 heavy (non-hydrogen) atoms. The van der Waals surface area contributed by atoms with Crippen LogP contribution in [0.3, 0.4) is 0 Å². The molecule has 0 spiro atoms. The molecular formula is C27H40O3. The fourth-order valence-electron chi connectivity index (χ4n) is 3.43. The number of aliphatic hydroxyl groups is 1. The molecule has 2 aromatic rings. The van der Waals surface area contributed by atoms with Crippen molar-refractivity contribution >= 4 is 0 Å². The molecule has 1 N–H and O–H groups in total. The first-order valence-electron chi connectivity index (χ1n) is 11.8. The van der Waals surface area contributed by atoms with E-state index in [0.29, 0.717) is 0 Å². The molecule has 2 aromatic carbocycles. The lowest BCUT2D eigenvalue weighted by Crippen LogP contribution is -2.25. The third-order valence-corrected chi connectivity index (χ3v) is 5.29. The van der Waals surface area contributed by atoms with Crippen LogP contribution in [0, 0.1) is 0 Å². The largest absolute Gasteiger partial charge is 0.491 e. The highest BCUT2D eigenvalue weighted by atomic mass is 16.5. The maximum absolute atomic E-state index is 10.3. The lowest BCUT2D eigenvalue weighted by atomic mass is 10.0. The predicted molar refractivity (Wildman–Crippen MR) is 126 cm³/mol. The van der Waals surface area contributed by atoms with Crippen LogP contribution in [0.1, 0.15) is 76.0 Å². The molecule has 0 aliphatic rings. The first-order valence-corrected chi connectivity index (χ1v) is 11.8. The van der Waals surface area contributed by atoms with E-state index in [1.807, 2.05) is 12.1 Å². The minimum Gasteiger partial charge on any atom is -0.491 e. The van der Waals surface area contributed by atoms with Crippen LogP contribution >= 0.6 is 0 Å². The molecule has 0 radical (unpaired) electrons. The Labute approximate surface area is 183 Å². The van der Waals surface area contributed by atoms with Gasteiger partial charge >= 0.3 is 0 Å². The van der Waals surface area contributed by atoms with Crippen molar-refractivity contribution in [2.75, 3.05) is 13.2 Å². The van der Waals surface area contributed by atoms with Crippen LogP contribution in [0.5, 0.6) is 11.5 Å². The molecule has 2 rings (SSSR count). The Kier molecular flexibility index (Phi) is 11.4. The molecule has 166 valence electrons. The lowest BCUT2D eigenvalue weighted by Gasteiger charge is -2.15. The van der Waals surface area contributed by atoms with E-state index in [1.54, 1.807) is 0 Å². The van der Waals surface area contributed by atoms with Crippen molar-refractivity contribution in [1.29, 1.82) is 0 Å². The molecule has 3 heteroatoms. The lowest BCUT2D eigenvalue weighted by molar-refractivity contribution is 0.0626. The zero-order valence-electron chi connectivity index (χ0n) is 19.2. The van der Waals surface area contributed by atoms with Gasteiger partial charge < -0.3 is 14.6 Å². The fourth-order valence-corrected chi connectivity index (χ4v) is 3.43. The average molecular weight is 413 g/mol. The normalized spacial score (nSPS) is 12.0. The van der Waals surface area contributed by atoms with Gasteiger partial charge in [-0.15, -0.1) is 0 Å². The number of hydrogen-bond acceptors (Lipinski definition) is 3. The fraction of sp³-hybridized carbons (Fsp3) is 0.556. The molecule has 0 amide bonds. The van der Waals surface area contributed by atoms with Gasteiger partial charge in [0.2, 0.25) is 0 Å². The maximum atomic E-state index is 10.3. The highest BCUT2D eigenvalue weighted by Crippen LogP contribution is 2.21. The summed E-state index contributed by atoms with van der Waals surface area (Å²) < 4.78 is 11.7. The summed E-state index contributed by atoms with van der Waals surface area (Å²) in [7, 11) is 0. The molecule has 3 nitrogen and oxygen atoms in total. The molecule has 0 saturated heterocycles. The molecule has 1 atom stereocenters. The van der Waals surface area contributed by atoms with Crippen LogP contribution in [-0.2, 0) is 19.3 Å². The maximum Gasteiger partial charge on any atom is 0.122 e. The van der Waals surface area contributed by atoms with Crippen LogP contribution in [0.15, 0.2) is 42.5 Å². The van der Waals surface area contributed by atoms with E-state index in [4.69, 9.17) is 9.47 Å². The van der Waals surface area contributed by atoms with E-state index in [9.17, 15) is 5.11 Å². The van der Waals surface area contributed by atoms with E-state index < -0.39 is 6.10 Å². The second kappa shape index (κ2) is 14.1. The zero-order chi connectivity index (χ0) is 21.6. The Balaban J connectivity index is 1.84. The Morgan fingerprint density at radius 1 is 0.633 bits per heavy atom. The number of benzene rings is 2. The number of unbranched alkanes of at least 4 members (excludes halogenated alkanes) is 3. The summed E-state index contributed by atoms with van der Waals surface area (Å²) in [5, 5.41) is 10.3. The summed E-state index contributed by atoms with van der Waals surface area (Å²) >= 11 is 0. The van der Waals surface area contributed by atoms with Crippen LogP contribution in [-0.4, -0.2) is 24.4 Å². The van der Waals surface area contributed by atoms with Crippen molar-refractivity contribution in [1.82, 2.24) is 0 Å². The summed E-state index contributed by atoms with van der Waals surface area (Å²) in [6.45, 7) is 7.10. The first kappa shape index (κ1) is 24.3. The van der Waals surface area contributed by atoms with Crippen molar-refractivity contribution in [3.05, 3.63) is 59.2 Å². The quantitative estimate of drug-likeness (QED) is 0.361. The Bertz CT molecular complexity index is 682. The number of ether oxygens (including phenoxy) is 2. The van der Waals surface area contributed by atoms with Gasteiger partial charge in [0.15, 0.2) is 0 Å². The summed E-state index contributed by atoms with van der Waals surface area (Å²) in [5.74, 6) is 1.65. The van der Waals surface area contributed by atoms with Gasteiger partial charge in [0.05, 0.1) is 0 Å². The van der Waals surface area contributed by atoms with Crippen molar-refractivity contribution in [3.8, 4) is 11.5 Å². The van der Waals surface area contributed by atoms with E-state index in [-0.39, 0.29) is 13.2 Å². The van der Waals surface area contributed by atoms with Crippen molar-refractivity contribution in [2.45, 2.75) is 84.7 Å². The standard InChI is InChI=1S/C27H40O3/c1-4-7-10-22-13-15-26(16-14-22)29-20-25(28)21-30-27-18-23(11-8-5-2)17-24(19-27)12-9-6-3/h13-19,25,28H,4-12,20-21H2,1-3H3. The number of aryl methyl sites for hydroxylation is 3. The molecule has 0 fully saturated rings. The van der Waals surface area contributed by atoms with Gasteiger partial charge in [0, 0.05) is 0 Å². The first-order chi connectivity index (χ1) is 14.6. The molecule has 0 heterocycles. The number of hydrogen-bond donors (Lipinski definition) is 1. The second-order valence-corrected chi connectivity index (χ2v) is 8.22. The molecule has 0 aliphatic heterocycles. The zero-order valence-corrected chi connectivity index (χ0v) is 19.2. The van der Waals surface area contributed by atoms with E-state index in [2.05, 4.69) is 51.1 Å². The molecule has 0 aliphatic carbocycles. The summed E-state index contributed by atoms with van der Waals surface area (Å²) in [6, 6.07) is 14.7. The van der Waals surface area contributed by atoms with Crippen molar-refractivity contribution in [2.24, 2.45) is 0 Å². The summed E-state index contributed by atoms with van der Waals surface area (Å²) in [5.41, 5.74) is 3.98. The third-order valence-electron chi connectivity index (χ3n) is 5.29. The third kappa shape index (κ3) is 9.21. The molecule has 0 bridgehead atoms. The van der Waals surface area contributed by atoms with Gasteiger partial charge in [-0.05, 0) is 79.5 Å². The van der Waals surface area contributed by atoms with Gasteiger partial charge in [-0.25, -0.2) is 0 Å². The van der Waals surface area contributed by atoms with Gasteiger partial charge in [-0.2, -0.15) is 0 Å². The topological polar surface area (TPSA) is 38.7 Å². The average Bonchev–Trinajstić information content (AvgIpc) is 2.78. The van der Waals surface area contributed by atoms with Crippen LogP contribution in [0.25, 0.3) is 0 Å². The van der Waals surface area contributed by atoms with Gasteiger partial charge in [-0.3, -0.25) is 0 Å². The Hall–Kier alpha value is -2.00. The van der Waals surface area contributed by atoms with Crippen molar-refractivity contribution < 1.29 is 14.6 Å². The van der Waals surface area contributed by atoms with Gasteiger partial charge in [-0.1, -0.05) is 58.2 Å². The second-order valence-electron chi connectivity index (χ2n) is 8.22. The molecule has 1 unspecified atom stereocenters. The van der Waals surface area contributed by atoms with E-state index >= 15 is 0 Å². The number of aliphatic hydroxyl groups excluding tert-OH is 1. The van der Waals surface area contributed by atoms with Crippen LogP contribution in [0.4, 0.5) is 0 Å². The monoisotopic (exact) mass is 412 g/mol. The Morgan fingerprint density at radius 3 is 1.60 bits per heavy atom. The SMILES string of the molecule is CCCCc1ccc(OCC(O)COc2cc(CCCC)cc(CCCC)c2)cc1. The van der Waals surface area contributed by atoms with Gasteiger partial charge in [0.25, 0.3) is 0 Å². The minimum absolute atomic E-state index is 0.229. The molecule has 0 saturated carbocycles. The Morgan fingerprint density at radius 2 is 1.10 bits per heavy atom. The summed E-state index contributed by atoms with van der Waals surface area (Å²) in [6.07, 6.45) is 9.74. The smallest absolute Gasteiger partial charge is 0.122 e. The predicted octanol–water partition coefficient (Wildman–Crippen LogP) is 6.53. The van der Waals surface area contributed by atoms with Crippen LogP contribution < -0.4 is 9.47 Å². The number of rotatable bonds is 15. The highest BCUT2D eigenvalue weighted by molar-refractivity contribution is 5.35. The van der Waals surface area contributed by atoms with Gasteiger partial charge in [0.1, 0.15) is 30.8 Å².